The first-order valence-corrected chi connectivity index (χ1v) is 10.2. The van der Waals surface area contributed by atoms with Crippen LogP contribution in [0.25, 0.3) is 5.57 Å². The van der Waals surface area contributed by atoms with Crippen LogP contribution in [0.4, 0.5) is 5.69 Å². The van der Waals surface area contributed by atoms with Crippen molar-refractivity contribution >= 4 is 23.1 Å². The Bertz CT molecular complexity index is 1130. The maximum absolute atomic E-state index is 13.4. The van der Waals surface area contributed by atoms with Crippen molar-refractivity contribution in [2.75, 3.05) is 19.0 Å². The first-order chi connectivity index (χ1) is 15.1. The van der Waals surface area contributed by atoms with Crippen LogP contribution >= 0.6 is 0 Å². The van der Waals surface area contributed by atoms with Gasteiger partial charge in [0.1, 0.15) is 11.4 Å². The molecule has 0 radical (unpaired) electrons. The minimum atomic E-state index is -0.331. The van der Waals surface area contributed by atoms with Crippen LogP contribution in [0.1, 0.15) is 16.7 Å². The third kappa shape index (κ3) is 4.21. The second kappa shape index (κ2) is 8.88. The second-order valence-electron chi connectivity index (χ2n) is 7.44. The number of benzene rings is 3. The first-order valence-electron chi connectivity index (χ1n) is 10.2. The van der Waals surface area contributed by atoms with Crippen molar-refractivity contribution in [2.45, 2.75) is 13.3 Å². The van der Waals surface area contributed by atoms with E-state index < -0.39 is 0 Å². The highest BCUT2D eigenvalue weighted by molar-refractivity contribution is 6.36. The predicted molar refractivity (Wildman–Crippen MR) is 122 cm³/mol. The second-order valence-corrected chi connectivity index (χ2v) is 7.44. The number of rotatable bonds is 7. The molecule has 2 amide bonds. The standard InChI is InChI=1S/C26H24N2O3/c1-18-12-14-20(15-13-18)23-24(27-21-10-6-7-11-22(21)31-2)26(30)28(25(23)29)17-16-19-8-4-3-5-9-19/h3-15,27H,16-17H2,1-2H3. The molecule has 0 saturated carbocycles. The molecule has 5 heteroatoms. The number of hydrogen-bond acceptors (Lipinski definition) is 4. The van der Waals surface area contributed by atoms with E-state index in [0.29, 0.717) is 35.5 Å². The Labute approximate surface area is 182 Å². The molecule has 0 unspecified atom stereocenters. The lowest BCUT2D eigenvalue weighted by molar-refractivity contribution is -0.136. The summed E-state index contributed by atoms with van der Waals surface area (Å²) in [4.78, 5) is 28.0. The Balaban J connectivity index is 1.69. The summed E-state index contributed by atoms with van der Waals surface area (Å²) in [6, 6.07) is 24.8. The van der Waals surface area contributed by atoms with Gasteiger partial charge in [0.05, 0.1) is 18.4 Å². The Morgan fingerprint density at radius 3 is 2.23 bits per heavy atom. The molecule has 1 aliphatic heterocycles. The lowest BCUT2D eigenvalue weighted by atomic mass is 10.0. The zero-order chi connectivity index (χ0) is 21.8. The predicted octanol–water partition coefficient (Wildman–Crippen LogP) is 4.44. The van der Waals surface area contributed by atoms with Gasteiger partial charge in [0.25, 0.3) is 11.8 Å². The number of nitrogens with zero attached hydrogens (tertiary/aromatic N) is 1. The van der Waals surface area contributed by atoms with Crippen LogP contribution in [0, 0.1) is 6.92 Å². The molecule has 0 atom stereocenters. The topological polar surface area (TPSA) is 58.6 Å². The van der Waals surface area contributed by atoms with E-state index >= 15 is 0 Å². The SMILES string of the molecule is COc1ccccc1NC1=C(c2ccc(C)cc2)C(=O)N(CCc2ccccc2)C1=O. The highest BCUT2D eigenvalue weighted by atomic mass is 16.5. The van der Waals surface area contributed by atoms with Crippen LogP contribution in [0.2, 0.25) is 0 Å². The monoisotopic (exact) mass is 412 g/mol. The van der Waals surface area contributed by atoms with E-state index in [9.17, 15) is 9.59 Å². The summed E-state index contributed by atoms with van der Waals surface area (Å²) in [6.07, 6.45) is 0.599. The van der Waals surface area contributed by atoms with Crippen molar-refractivity contribution in [1.29, 1.82) is 0 Å². The minimum absolute atomic E-state index is 0.270. The molecule has 1 aliphatic rings. The van der Waals surface area contributed by atoms with Gasteiger partial charge in [0, 0.05) is 6.54 Å². The number of anilines is 1. The van der Waals surface area contributed by atoms with Gasteiger partial charge in [-0.15, -0.1) is 0 Å². The van der Waals surface area contributed by atoms with Crippen molar-refractivity contribution in [3.63, 3.8) is 0 Å². The lowest BCUT2D eigenvalue weighted by Gasteiger charge is -2.16. The van der Waals surface area contributed by atoms with Crippen LogP contribution < -0.4 is 10.1 Å². The molecule has 3 aromatic carbocycles. The molecule has 3 aromatic rings. The molecule has 31 heavy (non-hydrogen) atoms. The highest BCUT2D eigenvalue weighted by Gasteiger charge is 2.39. The Kier molecular flexibility index (Phi) is 5.85. The van der Waals surface area contributed by atoms with Crippen molar-refractivity contribution < 1.29 is 14.3 Å². The fraction of sp³-hybridized carbons (Fsp3) is 0.154. The smallest absolute Gasteiger partial charge is 0.278 e. The van der Waals surface area contributed by atoms with E-state index in [-0.39, 0.29) is 17.5 Å². The number of nitrogens with one attached hydrogen (secondary N) is 1. The summed E-state index contributed by atoms with van der Waals surface area (Å²) in [5.74, 6) is -0.0224. The van der Waals surface area contributed by atoms with E-state index in [4.69, 9.17) is 4.74 Å². The van der Waals surface area contributed by atoms with Crippen LogP contribution in [-0.4, -0.2) is 30.4 Å². The van der Waals surface area contributed by atoms with Crippen molar-refractivity contribution in [3.05, 3.63) is 101 Å². The maximum atomic E-state index is 13.4. The number of amides is 2. The van der Waals surface area contributed by atoms with E-state index in [1.807, 2.05) is 85.8 Å². The third-order valence-corrected chi connectivity index (χ3v) is 5.34. The largest absolute Gasteiger partial charge is 0.495 e. The Morgan fingerprint density at radius 1 is 0.839 bits per heavy atom. The molecule has 5 nitrogen and oxygen atoms in total. The molecule has 4 rings (SSSR count). The number of hydrogen-bond donors (Lipinski definition) is 1. The highest BCUT2D eigenvalue weighted by Crippen LogP contribution is 2.33. The molecule has 0 bridgehead atoms. The number of ether oxygens (including phenoxy) is 1. The van der Waals surface area contributed by atoms with E-state index in [2.05, 4.69) is 5.32 Å². The van der Waals surface area contributed by atoms with Crippen LogP contribution in [0.3, 0.4) is 0 Å². The van der Waals surface area contributed by atoms with E-state index in [1.54, 1.807) is 7.11 Å². The fourth-order valence-corrected chi connectivity index (χ4v) is 3.65. The van der Waals surface area contributed by atoms with Crippen LogP contribution in [-0.2, 0) is 16.0 Å². The number of carbonyl (C=O) groups is 2. The van der Waals surface area contributed by atoms with Crippen molar-refractivity contribution in [2.24, 2.45) is 0 Å². The zero-order valence-corrected chi connectivity index (χ0v) is 17.6. The number of carbonyl (C=O) groups excluding carboxylic acids is 2. The van der Waals surface area contributed by atoms with Gasteiger partial charge in [-0.05, 0) is 36.6 Å². The normalized spacial score (nSPS) is 13.7. The van der Waals surface area contributed by atoms with Crippen LogP contribution in [0.15, 0.2) is 84.6 Å². The minimum Gasteiger partial charge on any atom is -0.495 e. The zero-order valence-electron chi connectivity index (χ0n) is 17.6. The molecule has 156 valence electrons. The van der Waals surface area contributed by atoms with Gasteiger partial charge < -0.3 is 10.1 Å². The average Bonchev–Trinajstić information content (AvgIpc) is 3.03. The molecular weight excluding hydrogens is 388 g/mol. The fourth-order valence-electron chi connectivity index (χ4n) is 3.65. The molecule has 0 fully saturated rings. The van der Waals surface area contributed by atoms with Gasteiger partial charge >= 0.3 is 0 Å². The lowest BCUT2D eigenvalue weighted by Crippen LogP contribution is -2.34. The number of methoxy groups -OCH3 is 1. The summed E-state index contributed by atoms with van der Waals surface area (Å²) < 4.78 is 5.41. The number of para-hydroxylation sites is 2. The first kappa shape index (κ1) is 20.4. The van der Waals surface area contributed by atoms with Gasteiger partial charge in [-0.2, -0.15) is 0 Å². The van der Waals surface area contributed by atoms with Crippen LogP contribution in [0.5, 0.6) is 5.75 Å². The molecule has 0 aliphatic carbocycles. The van der Waals surface area contributed by atoms with Gasteiger partial charge in [0.15, 0.2) is 0 Å². The van der Waals surface area contributed by atoms with Crippen molar-refractivity contribution in [1.82, 2.24) is 4.90 Å². The number of imide groups is 1. The molecular formula is C26H24N2O3. The summed E-state index contributed by atoms with van der Waals surface area (Å²) in [5.41, 5.74) is 4.15. The summed E-state index contributed by atoms with van der Waals surface area (Å²) in [5, 5.41) is 3.17. The average molecular weight is 412 g/mol. The maximum Gasteiger partial charge on any atom is 0.278 e. The van der Waals surface area contributed by atoms with Gasteiger partial charge in [0.2, 0.25) is 0 Å². The summed E-state index contributed by atoms with van der Waals surface area (Å²) in [7, 11) is 1.57. The van der Waals surface area contributed by atoms with Gasteiger partial charge in [-0.3, -0.25) is 14.5 Å². The van der Waals surface area contributed by atoms with E-state index in [0.717, 1.165) is 11.1 Å². The summed E-state index contributed by atoms with van der Waals surface area (Å²) in [6.45, 7) is 2.30. The number of aryl methyl sites for hydroxylation is 1. The molecule has 0 saturated heterocycles. The quantitative estimate of drug-likeness (QED) is 0.583. The Hall–Kier alpha value is -3.86. The van der Waals surface area contributed by atoms with Crippen molar-refractivity contribution in [3.8, 4) is 5.75 Å². The molecule has 0 spiro atoms. The third-order valence-electron chi connectivity index (χ3n) is 5.34. The van der Waals surface area contributed by atoms with E-state index in [1.165, 1.54) is 4.90 Å². The van der Waals surface area contributed by atoms with Gasteiger partial charge in [-0.1, -0.05) is 72.3 Å². The molecule has 1 N–H and O–H groups in total. The summed E-state index contributed by atoms with van der Waals surface area (Å²) >= 11 is 0. The molecule has 0 aromatic heterocycles. The Morgan fingerprint density at radius 2 is 1.52 bits per heavy atom. The van der Waals surface area contributed by atoms with Gasteiger partial charge in [-0.25, -0.2) is 0 Å². The molecule has 1 heterocycles.